The van der Waals surface area contributed by atoms with Crippen LogP contribution in [-0.2, 0) is 43.1 Å². The van der Waals surface area contributed by atoms with Crippen LogP contribution in [0.1, 0.15) is 30.5 Å². The highest BCUT2D eigenvalue weighted by Gasteiger charge is 2.37. The number of phosphoric acid groups is 1. The van der Waals surface area contributed by atoms with Gasteiger partial charge in [-0.25, -0.2) is 4.57 Å². The quantitative estimate of drug-likeness (QED) is 0.0813. The molecule has 0 radical (unpaired) electrons. The summed E-state index contributed by atoms with van der Waals surface area (Å²) in [5, 5.41) is 0. The molecule has 4 unspecified atom stereocenters. The van der Waals surface area contributed by atoms with Gasteiger partial charge in [0, 0.05) is 5.92 Å². The van der Waals surface area contributed by atoms with Crippen molar-refractivity contribution in [2.75, 3.05) is 6.61 Å². The Morgan fingerprint density at radius 3 is 1.25 bits per heavy atom. The van der Waals surface area contributed by atoms with E-state index in [1.54, 1.807) is 48.5 Å². The minimum atomic E-state index is -4.13. The molecule has 4 atom stereocenters. The molecule has 0 spiro atoms. The van der Waals surface area contributed by atoms with Crippen molar-refractivity contribution in [3.05, 3.63) is 168 Å². The lowest BCUT2D eigenvalue weighted by Gasteiger charge is -2.35. The standard InChI is InChI=1S/C40H43O7P/c1-32(28-45-48(41,46-37-24-14-6-15-25-37)47-38-26-16-7-17-27-38)39(43-30-35-20-10-4-11-21-35)40(44-31-36-22-12-5-13-23-36)33(2)42-29-34-18-8-3-9-19-34/h3-27,32-33,39-40H,28-31H2,1-2H3. The summed E-state index contributed by atoms with van der Waals surface area (Å²) in [6, 6.07) is 47.7. The summed E-state index contributed by atoms with van der Waals surface area (Å²) in [7, 11) is -4.13. The summed E-state index contributed by atoms with van der Waals surface area (Å²) in [5.74, 6) is 0.408. The number of benzene rings is 5. The molecular weight excluding hydrogens is 623 g/mol. The minimum absolute atomic E-state index is 0.00694. The second-order valence-electron chi connectivity index (χ2n) is 11.6. The highest BCUT2D eigenvalue weighted by atomic mass is 31.2. The Hall–Kier alpha value is -4.23. The number of rotatable bonds is 19. The van der Waals surface area contributed by atoms with E-state index in [1.165, 1.54) is 0 Å². The van der Waals surface area contributed by atoms with Crippen LogP contribution in [0.4, 0.5) is 0 Å². The van der Waals surface area contributed by atoms with Gasteiger partial charge in [0.05, 0.1) is 38.6 Å². The van der Waals surface area contributed by atoms with Crippen LogP contribution < -0.4 is 9.05 Å². The van der Waals surface area contributed by atoms with Crippen LogP contribution in [0.2, 0.25) is 0 Å². The Morgan fingerprint density at radius 1 is 0.479 bits per heavy atom. The Bertz CT molecular complexity index is 1600. The van der Waals surface area contributed by atoms with E-state index >= 15 is 0 Å². The first-order valence-corrected chi connectivity index (χ1v) is 17.6. The lowest BCUT2D eigenvalue weighted by Crippen LogP contribution is -2.45. The maximum atomic E-state index is 14.2. The van der Waals surface area contributed by atoms with E-state index in [-0.39, 0.29) is 18.6 Å². The number of hydrogen-bond donors (Lipinski definition) is 0. The maximum Gasteiger partial charge on any atom is 0.587 e. The molecule has 0 aliphatic heterocycles. The van der Waals surface area contributed by atoms with Crippen LogP contribution in [0, 0.1) is 5.92 Å². The van der Waals surface area contributed by atoms with Crippen LogP contribution in [0.5, 0.6) is 11.5 Å². The van der Waals surface area contributed by atoms with Gasteiger partial charge in [-0.15, -0.1) is 0 Å². The lowest BCUT2D eigenvalue weighted by atomic mass is 9.96. The predicted molar refractivity (Wildman–Crippen MR) is 188 cm³/mol. The van der Waals surface area contributed by atoms with Crippen molar-refractivity contribution in [2.24, 2.45) is 5.92 Å². The first-order chi connectivity index (χ1) is 23.5. The van der Waals surface area contributed by atoms with Gasteiger partial charge in [-0.1, -0.05) is 134 Å². The zero-order valence-electron chi connectivity index (χ0n) is 27.4. The summed E-state index contributed by atoms with van der Waals surface area (Å²) in [6.07, 6.45) is -1.41. The number of para-hydroxylation sites is 2. The molecule has 0 heterocycles. The SMILES string of the molecule is CC(COP(=O)(Oc1ccccc1)Oc1ccccc1)C(OCc1ccccc1)C(OCc1ccccc1)C(C)OCc1ccccc1. The fourth-order valence-corrected chi connectivity index (χ4v) is 6.43. The van der Waals surface area contributed by atoms with Gasteiger partial charge in [-0.2, -0.15) is 0 Å². The van der Waals surface area contributed by atoms with Gasteiger partial charge in [0.15, 0.2) is 0 Å². The third-order valence-corrected chi connectivity index (χ3v) is 9.02. The van der Waals surface area contributed by atoms with Gasteiger partial charge < -0.3 is 23.3 Å². The van der Waals surface area contributed by atoms with Gasteiger partial charge in [0.25, 0.3) is 0 Å². The molecule has 5 aromatic carbocycles. The molecule has 0 bridgehead atoms. The van der Waals surface area contributed by atoms with E-state index in [2.05, 4.69) is 0 Å². The van der Waals surface area contributed by atoms with E-state index in [4.69, 9.17) is 27.8 Å². The second-order valence-corrected chi connectivity index (χ2v) is 13.1. The van der Waals surface area contributed by atoms with Gasteiger partial charge in [-0.05, 0) is 47.9 Å². The van der Waals surface area contributed by atoms with Crippen LogP contribution in [-0.4, -0.2) is 24.9 Å². The van der Waals surface area contributed by atoms with E-state index in [0.717, 1.165) is 16.7 Å². The zero-order valence-corrected chi connectivity index (χ0v) is 28.3. The Balaban J connectivity index is 1.39. The third kappa shape index (κ3) is 11.2. The van der Waals surface area contributed by atoms with Crippen LogP contribution in [0.3, 0.4) is 0 Å². The van der Waals surface area contributed by atoms with Crippen LogP contribution >= 0.6 is 7.82 Å². The predicted octanol–water partition coefficient (Wildman–Crippen LogP) is 9.68. The van der Waals surface area contributed by atoms with Crippen molar-refractivity contribution in [1.29, 1.82) is 0 Å². The Kier molecular flexibility index (Phi) is 13.4. The molecule has 0 aliphatic rings. The van der Waals surface area contributed by atoms with E-state index in [1.807, 2.05) is 117 Å². The molecule has 5 aromatic rings. The molecule has 0 aliphatic carbocycles. The highest BCUT2D eigenvalue weighted by molar-refractivity contribution is 7.49. The molecule has 0 N–H and O–H groups in total. The second kappa shape index (κ2) is 18.3. The molecule has 250 valence electrons. The summed E-state index contributed by atoms with van der Waals surface area (Å²) in [6.45, 7) is 5.07. The number of ether oxygens (including phenoxy) is 3. The van der Waals surface area contributed by atoms with Crippen molar-refractivity contribution in [2.45, 2.75) is 52.0 Å². The topological polar surface area (TPSA) is 72.5 Å². The van der Waals surface area contributed by atoms with Crippen LogP contribution in [0.25, 0.3) is 0 Å². The zero-order chi connectivity index (χ0) is 33.4. The van der Waals surface area contributed by atoms with E-state index in [9.17, 15) is 4.57 Å². The molecule has 7 nitrogen and oxygen atoms in total. The van der Waals surface area contributed by atoms with Crippen molar-refractivity contribution in [3.8, 4) is 11.5 Å². The first-order valence-electron chi connectivity index (χ1n) is 16.2. The normalized spacial score (nSPS) is 14.0. The van der Waals surface area contributed by atoms with E-state index < -0.39 is 20.0 Å². The summed E-state index contributed by atoms with van der Waals surface area (Å²) < 4.78 is 51.7. The lowest BCUT2D eigenvalue weighted by molar-refractivity contribution is -0.163. The molecule has 5 rings (SSSR count). The van der Waals surface area contributed by atoms with Gasteiger partial charge in [-0.3, -0.25) is 4.52 Å². The molecule has 8 heteroatoms. The van der Waals surface area contributed by atoms with Crippen molar-refractivity contribution in [1.82, 2.24) is 0 Å². The Morgan fingerprint density at radius 2 is 0.833 bits per heavy atom. The van der Waals surface area contributed by atoms with Gasteiger partial charge >= 0.3 is 7.82 Å². The van der Waals surface area contributed by atoms with E-state index in [0.29, 0.717) is 31.3 Å². The molecule has 0 saturated carbocycles. The molecular formula is C40H43O7P. The van der Waals surface area contributed by atoms with Crippen molar-refractivity contribution in [3.63, 3.8) is 0 Å². The first kappa shape index (κ1) is 35.1. The summed E-state index contributed by atoms with van der Waals surface area (Å²) in [5.41, 5.74) is 3.10. The number of hydrogen-bond acceptors (Lipinski definition) is 7. The Labute approximate surface area is 284 Å². The average Bonchev–Trinajstić information content (AvgIpc) is 3.13. The monoisotopic (exact) mass is 666 g/mol. The molecule has 0 fully saturated rings. The fraction of sp³-hybridized carbons (Fsp3) is 0.250. The average molecular weight is 667 g/mol. The van der Waals surface area contributed by atoms with Crippen molar-refractivity contribution >= 4 is 7.82 Å². The maximum absolute atomic E-state index is 14.2. The van der Waals surface area contributed by atoms with Crippen LogP contribution in [0.15, 0.2) is 152 Å². The highest BCUT2D eigenvalue weighted by Crippen LogP contribution is 2.50. The molecule has 48 heavy (non-hydrogen) atoms. The van der Waals surface area contributed by atoms with Gasteiger partial charge in [0.2, 0.25) is 0 Å². The summed E-state index contributed by atoms with van der Waals surface area (Å²) in [4.78, 5) is 0. The molecule has 0 aromatic heterocycles. The van der Waals surface area contributed by atoms with Gasteiger partial charge in [0.1, 0.15) is 17.6 Å². The third-order valence-electron chi connectivity index (χ3n) is 7.69. The summed E-state index contributed by atoms with van der Waals surface area (Å²) >= 11 is 0. The fourth-order valence-electron chi connectivity index (χ4n) is 5.11. The largest absolute Gasteiger partial charge is 0.587 e. The minimum Gasteiger partial charge on any atom is -0.395 e. The molecule has 0 amide bonds. The number of phosphoric ester groups is 1. The van der Waals surface area contributed by atoms with Crippen molar-refractivity contribution < 1.29 is 32.3 Å². The molecule has 0 saturated heterocycles. The smallest absolute Gasteiger partial charge is 0.395 e.